The number of hydrogen-bond donors (Lipinski definition) is 0. The van der Waals surface area contributed by atoms with Crippen LogP contribution < -0.4 is 4.62 Å². The Morgan fingerprint density at radius 2 is 1.50 bits per heavy atom. The molecule has 1 rings (SSSR count). The highest BCUT2D eigenvalue weighted by atomic mass is 127. The maximum absolute atomic E-state index is 5.90. The molecule has 0 bridgehead atoms. The molecule has 0 N–H and O–H groups in total. The zero-order valence-corrected chi connectivity index (χ0v) is 21.0. The highest BCUT2D eigenvalue weighted by molar-refractivity contribution is 14.0. The Labute approximate surface area is 185 Å². The van der Waals surface area contributed by atoms with E-state index in [1.165, 1.54) is 57.5 Å². The van der Waals surface area contributed by atoms with Crippen molar-refractivity contribution in [2.75, 3.05) is 19.4 Å². The Morgan fingerprint density at radius 1 is 0.885 bits per heavy atom. The maximum Gasteiger partial charge on any atom is 0.157 e. The predicted octanol–water partition coefficient (Wildman–Crippen LogP) is 7.36. The van der Waals surface area contributed by atoms with Gasteiger partial charge in [0.1, 0.15) is 0 Å². The van der Waals surface area contributed by atoms with Gasteiger partial charge in [-0.05, 0) is 49.7 Å². The van der Waals surface area contributed by atoms with Gasteiger partial charge in [0.05, 0.1) is 0 Å². The van der Waals surface area contributed by atoms with Gasteiger partial charge in [-0.2, -0.15) is 0 Å². The Morgan fingerprint density at radius 3 is 2.08 bits per heavy atom. The number of halogens is 1. The quantitative estimate of drug-likeness (QED) is 0.0882. The predicted molar refractivity (Wildman–Crippen MR) is 130 cm³/mol. The van der Waals surface area contributed by atoms with Crippen molar-refractivity contribution in [1.82, 2.24) is 0 Å². The maximum atomic E-state index is 5.90. The summed E-state index contributed by atoms with van der Waals surface area (Å²) in [4.78, 5) is 0. The van der Waals surface area contributed by atoms with E-state index in [9.17, 15) is 0 Å². The molecular weight excluding hydrogens is 474 g/mol. The van der Waals surface area contributed by atoms with Crippen LogP contribution in [0.1, 0.15) is 84.5 Å². The molecule has 1 unspecified atom stereocenters. The molecule has 2 nitrogen and oxygen atoms in total. The lowest BCUT2D eigenvalue weighted by molar-refractivity contribution is -0.147. The van der Waals surface area contributed by atoms with Crippen molar-refractivity contribution in [3.05, 3.63) is 17.5 Å². The molecule has 5 heteroatoms. The molecule has 0 spiro atoms. The zero-order valence-electron chi connectivity index (χ0n) is 16.8. The molecule has 0 saturated carbocycles. The fourth-order valence-corrected chi connectivity index (χ4v) is 4.86. The van der Waals surface area contributed by atoms with E-state index >= 15 is 0 Å². The van der Waals surface area contributed by atoms with Crippen LogP contribution in [0.4, 0.5) is 0 Å². The van der Waals surface area contributed by atoms with Crippen LogP contribution in [-0.2, 0) is 9.47 Å². The summed E-state index contributed by atoms with van der Waals surface area (Å²) in [5.74, 6) is 0. The molecule has 0 aliphatic heterocycles. The Hall–Kier alpha value is 0.780. The molecule has 154 valence electrons. The normalized spacial score (nSPS) is 11.5. The van der Waals surface area contributed by atoms with Crippen LogP contribution >= 0.6 is 43.9 Å². The van der Waals surface area contributed by atoms with Crippen LogP contribution in [0.2, 0.25) is 0 Å². The van der Waals surface area contributed by atoms with Crippen LogP contribution in [0.5, 0.6) is 0 Å². The van der Waals surface area contributed by atoms with Gasteiger partial charge in [-0.25, -0.2) is 0 Å². The minimum atomic E-state index is 0. The second kappa shape index (κ2) is 20.5. The number of ether oxygens (including phenoxy) is 2. The standard InChI is InChI=1S/C21H39O2PS.HI/c1-3-5-16-22-20(23-17-6-4-2)14-11-9-7-8-10-12-18-24-21-15-13-19-25-21;/h13,15,19-20,24H,3-12,14,16-18H2,1-2H3;1H. The topological polar surface area (TPSA) is 18.5 Å². The van der Waals surface area contributed by atoms with Crippen molar-refractivity contribution < 1.29 is 9.47 Å². The Balaban J connectivity index is 0.00000625. The fourth-order valence-electron chi connectivity index (χ4n) is 2.67. The van der Waals surface area contributed by atoms with Crippen molar-refractivity contribution in [1.29, 1.82) is 0 Å². The van der Waals surface area contributed by atoms with Gasteiger partial charge >= 0.3 is 0 Å². The smallest absolute Gasteiger partial charge is 0.157 e. The van der Waals surface area contributed by atoms with E-state index in [4.69, 9.17) is 9.47 Å². The van der Waals surface area contributed by atoms with E-state index in [0.29, 0.717) is 0 Å². The average Bonchev–Trinajstić information content (AvgIpc) is 3.13. The summed E-state index contributed by atoms with van der Waals surface area (Å²) in [6.07, 6.45) is 15.2. The van der Waals surface area contributed by atoms with Crippen molar-refractivity contribution in [3.8, 4) is 0 Å². The second-order valence-electron chi connectivity index (χ2n) is 6.69. The molecule has 0 radical (unpaired) electrons. The van der Waals surface area contributed by atoms with Gasteiger partial charge in [-0.1, -0.05) is 67.0 Å². The van der Waals surface area contributed by atoms with Gasteiger partial charge in [0, 0.05) is 17.8 Å². The third kappa shape index (κ3) is 15.8. The minimum Gasteiger partial charge on any atom is -0.353 e. The van der Waals surface area contributed by atoms with Gasteiger partial charge in [-0.15, -0.1) is 35.3 Å². The molecule has 0 aliphatic carbocycles. The van der Waals surface area contributed by atoms with E-state index in [2.05, 4.69) is 31.4 Å². The second-order valence-corrected chi connectivity index (χ2v) is 9.39. The largest absolute Gasteiger partial charge is 0.353 e. The first-order valence-corrected chi connectivity index (χ1v) is 12.5. The molecule has 0 amide bonds. The van der Waals surface area contributed by atoms with Crippen molar-refractivity contribution >= 4 is 48.5 Å². The highest BCUT2D eigenvalue weighted by Crippen LogP contribution is 2.18. The number of hydrogen-bond acceptors (Lipinski definition) is 3. The van der Waals surface area contributed by atoms with Crippen LogP contribution in [0.3, 0.4) is 0 Å². The van der Waals surface area contributed by atoms with E-state index in [-0.39, 0.29) is 30.3 Å². The molecular formula is C21H40IO2PS. The van der Waals surface area contributed by atoms with Crippen LogP contribution in [0.15, 0.2) is 17.5 Å². The molecule has 1 aromatic rings. The lowest BCUT2D eigenvalue weighted by Gasteiger charge is -2.18. The molecule has 1 heterocycles. The van der Waals surface area contributed by atoms with Gasteiger partial charge in [-0.3, -0.25) is 0 Å². The van der Waals surface area contributed by atoms with Crippen molar-refractivity contribution in [3.63, 3.8) is 0 Å². The van der Waals surface area contributed by atoms with Gasteiger partial charge in [0.2, 0.25) is 0 Å². The summed E-state index contributed by atoms with van der Waals surface area (Å²) < 4.78 is 13.4. The number of thiophene rings is 1. The third-order valence-electron chi connectivity index (χ3n) is 4.29. The summed E-state index contributed by atoms with van der Waals surface area (Å²) in [7, 11) is 1.02. The lowest BCUT2D eigenvalue weighted by atomic mass is 10.1. The minimum absolute atomic E-state index is 0. The van der Waals surface area contributed by atoms with Crippen LogP contribution in [-0.4, -0.2) is 25.7 Å². The van der Waals surface area contributed by atoms with E-state index in [0.717, 1.165) is 41.1 Å². The first-order chi connectivity index (χ1) is 12.4. The summed E-state index contributed by atoms with van der Waals surface area (Å²) in [5.41, 5.74) is 0. The first-order valence-electron chi connectivity index (χ1n) is 10.4. The van der Waals surface area contributed by atoms with Gasteiger partial charge in [0.25, 0.3) is 0 Å². The van der Waals surface area contributed by atoms with Gasteiger partial charge in [0.15, 0.2) is 6.29 Å². The molecule has 0 saturated heterocycles. The molecule has 26 heavy (non-hydrogen) atoms. The number of unbranched alkanes of at least 4 members (excludes halogenated alkanes) is 7. The Kier molecular flexibility index (Phi) is 21.1. The van der Waals surface area contributed by atoms with Crippen LogP contribution in [0.25, 0.3) is 0 Å². The average molecular weight is 514 g/mol. The zero-order chi connectivity index (χ0) is 18.0. The Bertz CT molecular complexity index is 366. The highest BCUT2D eigenvalue weighted by Gasteiger charge is 2.08. The molecule has 0 aromatic carbocycles. The van der Waals surface area contributed by atoms with E-state index < -0.39 is 0 Å². The first kappa shape index (κ1) is 26.8. The summed E-state index contributed by atoms with van der Waals surface area (Å²) >= 11 is 1.90. The SMILES string of the molecule is CCCCOC(CCCCCCCCPc1cccs1)OCCCC.I. The van der Waals surface area contributed by atoms with Crippen molar-refractivity contribution in [2.24, 2.45) is 0 Å². The fraction of sp³-hybridized carbons (Fsp3) is 0.810. The summed E-state index contributed by atoms with van der Waals surface area (Å²) in [6, 6.07) is 4.43. The van der Waals surface area contributed by atoms with E-state index in [1.807, 2.05) is 11.3 Å². The van der Waals surface area contributed by atoms with Gasteiger partial charge < -0.3 is 9.47 Å². The third-order valence-corrected chi connectivity index (χ3v) is 6.88. The molecule has 0 aliphatic rings. The molecule has 1 atom stereocenters. The summed E-state index contributed by atoms with van der Waals surface area (Å²) in [6.45, 7) is 6.10. The lowest BCUT2D eigenvalue weighted by Crippen LogP contribution is -2.18. The molecule has 1 aromatic heterocycles. The van der Waals surface area contributed by atoms with Crippen molar-refractivity contribution in [2.45, 2.75) is 90.8 Å². The number of rotatable bonds is 18. The summed E-state index contributed by atoms with van der Waals surface area (Å²) in [5, 5.41) is 2.19. The monoisotopic (exact) mass is 514 g/mol. The molecule has 0 fully saturated rings. The van der Waals surface area contributed by atoms with E-state index in [1.54, 1.807) is 4.62 Å². The van der Waals surface area contributed by atoms with Crippen LogP contribution in [0, 0.1) is 0 Å².